The van der Waals surface area contributed by atoms with Crippen LogP contribution in [0.5, 0.6) is 0 Å². The van der Waals surface area contributed by atoms with Crippen molar-refractivity contribution in [1.29, 1.82) is 0 Å². The fraction of sp³-hybridized carbons (Fsp3) is 0.125. The fourth-order valence-corrected chi connectivity index (χ4v) is 2.03. The third-order valence-electron chi connectivity index (χ3n) is 1.45. The Bertz CT molecular complexity index is 413. The summed E-state index contributed by atoms with van der Waals surface area (Å²) in [5, 5.41) is 0. The predicted octanol–water partition coefficient (Wildman–Crippen LogP) is 0.421. The third kappa shape index (κ3) is 2.74. The maximum Gasteiger partial charge on any atom is 0.264 e. The van der Waals surface area contributed by atoms with Crippen LogP contribution in [-0.2, 0) is 14.8 Å². The van der Waals surface area contributed by atoms with E-state index in [2.05, 4.69) is 12.6 Å². The molecular weight excluding hydrogens is 222 g/mol. The zero-order valence-corrected chi connectivity index (χ0v) is 8.88. The Balaban J connectivity index is 2.93. The van der Waals surface area contributed by atoms with Crippen molar-refractivity contribution in [3.05, 3.63) is 30.3 Å². The topological polar surface area (TPSA) is 63.2 Å². The molecule has 1 amide bonds. The Morgan fingerprint density at radius 2 is 1.86 bits per heavy atom. The highest BCUT2D eigenvalue weighted by Gasteiger charge is 2.15. The molecule has 0 aliphatic heterocycles. The highest BCUT2D eigenvalue weighted by atomic mass is 32.2. The summed E-state index contributed by atoms with van der Waals surface area (Å²) in [5.74, 6) is -0.802. The predicted molar refractivity (Wildman–Crippen MR) is 55.6 cm³/mol. The zero-order chi connectivity index (χ0) is 10.6. The molecule has 14 heavy (non-hydrogen) atoms. The summed E-state index contributed by atoms with van der Waals surface area (Å²) in [5.41, 5.74) is 0. The summed E-state index contributed by atoms with van der Waals surface area (Å²) in [6, 6.07) is 7.68. The normalized spacial score (nSPS) is 10.9. The number of benzene rings is 1. The molecule has 0 saturated heterocycles. The van der Waals surface area contributed by atoms with Gasteiger partial charge >= 0.3 is 0 Å². The Labute approximate surface area is 87.8 Å². The largest absolute Gasteiger partial charge is 0.273 e. The van der Waals surface area contributed by atoms with Crippen LogP contribution >= 0.6 is 12.6 Å². The van der Waals surface area contributed by atoms with Gasteiger partial charge in [0.1, 0.15) is 0 Å². The molecular formula is C8H9NO3S2. The lowest BCUT2D eigenvalue weighted by Crippen LogP contribution is -2.31. The van der Waals surface area contributed by atoms with Gasteiger partial charge in [-0.05, 0) is 12.1 Å². The molecule has 0 fully saturated rings. The number of carbonyl (C=O) groups excluding carboxylic acids is 1. The minimum atomic E-state index is -3.72. The minimum absolute atomic E-state index is 0.0649. The number of carbonyl (C=O) groups is 1. The number of hydrogen-bond donors (Lipinski definition) is 2. The minimum Gasteiger partial charge on any atom is -0.273 e. The summed E-state index contributed by atoms with van der Waals surface area (Å²) in [6.45, 7) is 0. The Hall–Kier alpha value is -1.01. The lowest BCUT2D eigenvalue weighted by atomic mass is 10.4. The quantitative estimate of drug-likeness (QED) is 0.741. The van der Waals surface area contributed by atoms with E-state index in [9.17, 15) is 13.2 Å². The zero-order valence-electron chi connectivity index (χ0n) is 7.17. The van der Waals surface area contributed by atoms with Gasteiger partial charge in [-0.1, -0.05) is 18.2 Å². The Morgan fingerprint density at radius 1 is 1.29 bits per heavy atom. The van der Waals surface area contributed by atoms with Crippen LogP contribution in [0.1, 0.15) is 0 Å². The SMILES string of the molecule is O=C(CS)NS(=O)(=O)c1ccccc1. The van der Waals surface area contributed by atoms with Crippen molar-refractivity contribution in [1.82, 2.24) is 4.72 Å². The van der Waals surface area contributed by atoms with Gasteiger partial charge in [0, 0.05) is 0 Å². The van der Waals surface area contributed by atoms with Crippen LogP contribution in [-0.4, -0.2) is 20.1 Å². The van der Waals surface area contributed by atoms with E-state index in [4.69, 9.17) is 0 Å². The standard InChI is InChI=1S/C8H9NO3S2/c10-8(6-13)9-14(11,12)7-4-2-1-3-5-7/h1-5,13H,6H2,(H,9,10). The smallest absolute Gasteiger partial charge is 0.264 e. The van der Waals surface area contributed by atoms with E-state index >= 15 is 0 Å². The van der Waals surface area contributed by atoms with Crippen molar-refractivity contribution >= 4 is 28.6 Å². The van der Waals surface area contributed by atoms with E-state index < -0.39 is 15.9 Å². The molecule has 4 nitrogen and oxygen atoms in total. The molecule has 0 unspecified atom stereocenters. The van der Waals surface area contributed by atoms with Crippen LogP contribution in [0.25, 0.3) is 0 Å². The molecule has 0 spiro atoms. The van der Waals surface area contributed by atoms with Gasteiger partial charge in [-0.15, -0.1) is 0 Å². The van der Waals surface area contributed by atoms with Crippen molar-refractivity contribution in [2.45, 2.75) is 4.90 Å². The number of sulfonamides is 1. The molecule has 0 aliphatic carbocycles. The molecule has 0 atom stereocenters. The van der Waals surface area contributed by atoms with Crippen molar-refractivity contribution < 1.29 is 13.2 Å². The summed E-state index contributed by atoms with van der Waals surface area (Å²) in [4.78, 5) is 10.9. The van der Waals surface area contributed by atoms with E-state index in [0.29, 0.717) is 0 Å². The van der Waals surface area contributed by atoms with Crippen LogP contribution in [0.3, 0.4) is 0 Å². The maximum absolute atomic E-state index is 11.4. The van der Waals surface area contributed by atoms with E-state index in [1.54, 1.807) is 18.2 Å². The van der Waals surface area contributed by atoms with Gasteiger partial charge in [-0.25, -0.2) is 13.1 Å². The fourth-order valence-electron chi connectivity index (χ4n) is 0.841. The molecule has 76 valence electrons. The maximum atomic E-state index is 11.4. The van der Waals surface area contributed by atoms with Gasteiger partial charge in [0.15, 0.2) is 0 Å². The first-order chi connectivity index (χ1) is 6.56. The van der Waals surface area contributed by atoms with E-state index in [0.717, 1.165) is 0 Å². The highest BCUT2D eigenvalue weighted by Crippen LogP contribution is 2.06. The molecule has 1 N–H and O–H groups in total. The molecule has 0 radical (unpaired) electrons. The first-order valence-electron chi connectivity index (χ1n) is 3.78. The molecule has 1 aromatic rings. The van der Waals surface area contributed by atoms with Crippen molar-refractivity contribution in [2.24, 2.45) is 0 Å². The summed E-state index contributed by atoms with van der Waals surface area (Å²) < 4.78 is 24.8. The van der Waals surface area contributed by atoms with Crippen molar-refractivity contribution in [3.63, 3.8) is 0 Å². The second-order valence-corrected chi connectivity index (χ2v) is 4.50. The van der Waals surface area contributed by atoms with Crippen LogP contribution < -0.4 is 4.72 Å². The molecule has 0 bridgehead atoms. The van der Waals surface area contributed by atoms with Crippen molar-refractivity contribution in [3.8, 4) is 0 Å². The van der Waals surface area contributed by atoms with Crippen LogP contribution in [0, 0.1) is 0 Å². The van der Waals surface area contributed by atoms with Gasteiger partial charge in [0.2, 0.25) is 5.91 Å². The van der Waals surface area contributed by atoms with Gasteiger partial charge in [0.05, 0.1) is 10.6 Å². The van der Waals surface area contributed by atoms with Crippen LogP contribution in [0.4, 0.5) is 0 Å². The van der Waals surface area contributed by atoms with E-state index in [-0.39, 0.29) is 10.6 Å². The highest BCUT2D eigenvalue weighted by molar-refractivity contribution is 7.90. The van der Waals surface area contributed by atoms with E-state index in [1.165, 1.54) is 12.1 Å². The monoisotopic (exact) mass is 231 g/mol. The van der Waals surface area contributed by atoms with Crippen molar-refractivity contribution in [2.75, 3.05) is 5.75 Å². The van der Waals surface area contributed by atoms with Crippen LogP contribution in [0.15, 0.2) is 35.2 Å². The molecule has 0 aromatic heterocycles. The van der Waals surface area contributed by atoms with Crippen LogP contribution in [0.2, 0.25) is 0 Å². The number of thiol groups is 1. The molecule has 0 aliphatic rings. The molecule has 1 aromatic carbocycles. The second kappa shape index (κ2) is 4.47. The van der Waals surface area contributed by atoms with Gasteiger partial charge in [-0.3, -0.25) is 4.79 Å². The second-order valence-electron chi connectivity index (χ2n) is 2.50. The summed E-state index contributed by atoms with van der Waals surface area (Å²) in [7, 11) is -3.72. The van der Waals surface area contributed by atoms with Gasteiger partial charge in [-0.2, -0.15) is 12.6 Å². The number of amides is 1. The third-order valence-corrected chi connectivity index (χ3v) is 3.12. The molecule has 0 heterocycles. The first kappa shape index (κ1) is 11.1. The number of hydrogen-bond acceptors (Lipinski definition) is 4. The lowest BCUT2D eigenvalue weighted by Gasteiger charge is -2.04. The van der Waals surface area contributed by atoms with Gasteiger partial charge < -0.3 is 0 Å². The molecule has 1 rings (SSSR count). The Kier molecular flexibility index (Phi) is 3.54. The lowest BCUT2D eigenvalue weighted by molar-refractivity contribution is -0.116. The first-order valence-corrected chi connectivity index (χ1v) is 5.89. The summed E-state index contributed by atoms with van der Waals surface area (Å²) >= 11 is 3.66. The average molecular weight is 231 g/mol. The Morgan fingerprint density at radius 3 is 2.36 bits per heavy atom. The van der Waals surface area contributed by atoms with Gasteiger partial charge in [0.25, 0.3) is 10.0 Å². The number of rotatable bonds is 3. The summed E-state index contributed by atoms with van der Waals surface area (Å²) in [6.07, 6.45) is 0. The molecule has 6 heteroatoms. The number of nitrogens with one attached hydrogen (secondary N) is 1. The van der Waals surface area contributed by atoms with E-state index in [1.807, 2.05) is 4.72 Å². The molecule has 0 saturated carbocycles. The average Bonchev–Trinajstić information content (AvgIpc) is 2.18.